The standard InChI is InChI=1S/C19H19N3O5S2/c1-2-27-15-5-3-4-6-17(15)29(24,25)22-9-7-14-16(11-22)28-19(20-14)21-18(23)13-8-10-26-12-13/h3-6,8,10,12H,2,7,9,11H2,1H3,(H,20,21,23). The Morgan fingerprint density at radius 2 is 2.17 bits per heavy atom. The zero-order chi connectivity index (χ0) is 20.4. The van der Waals surface area contributed by atoms with Crippen LogP contribution in [0.5, 0.6) is 5.75 Å². The molecule has 0 bridgehead atoms. The van der Waals surface area contributed by atoms with Crippen LogP contribution in [0.1, 0.15) is 27.9 Å². The van der Waals surface area contributed by atoms with Gasteiger partial charge in [0.2, 0.25) is 10.0 Å². The molecule has 3 aromatic rings. The highest BCUT2D eigenvalue weighted by atomic mass is 32.2. The van der Waals surface area contributed by atoms with E-state index in [0.29, 0.717) is 36.0 Å². The van der Waals surface area contributed by atoms with E-state index in [1.807, 2.05) is 6.92 Å². The molecule has 1 amide bonds. The number of furan rings is 1. The molecule has 10 heteroatoms. The van der Waals surface area contributed by atoms with Crippen LogP contribution in [-0.4, -0.2) is 36.8 Å². The zero-order valence-corrected chi connectivity index (χ0v) is 17.3. The molecule has 0 aliphatic carbocycles. The number of hydrogen-bond donors (Lipinski definition) is 1. The number of fused-ring (bicyclic) bond motifs is 1. The third-order valence-corrected chi connectivity index (χ3v) is 7.35. The van der Waals surface area contributed by atoms with E-state index in [1.165, 1.54) is 28.2 Å². The number of hydrogen-bond acceptors (Lipinski definition) is 7. The largest absolute Gasteiger partial charge is 0.492 e. The van der Waals surface area contributed by atoms with Crippen LogP contribution in [0.25, 0.3) is 0 Å². The second kappa shape index (κ2) is 7.97. The lowest BCUT2D eigenvalue weighted by molar-refractivity contribution is 0.102. The van der Waals surface area contributed by atoms with Crippen LogP contribution >= 0.6 is 11.3 Å². The Kier molecular flexibility index (Phi) is 5.39. The summed E-state index contributed by atoms with van der Waals surface area (Å²) in [5.41, 5.74) is 1.21. The number of ether oxygens (including phenoxy) is 1. The van der Waals surface area contributed by atoms with E-state index in [2.05, 4.69) is 10.3 Å². The van der Waals surface area contributed by atoms with Crippen molar-refractivity contribution >= 4 is 32.4 Å². The molecule has 0 atom stereocenters. The van der Waals surface area contributed by atoms with Crippen molar-refractivity contribution in [3.63, 3.8) is 0 Å². The average molecular weight is 434 g/mol. The molecule has 1 aliphatic rings. The number of benzene rings is 1. The smallest absolute Gasteiger partial charge is 0.260 e. The molecule has 2 aromatic heterocycles. The minimum Gasteiger partial charge on any atom is -0.492 e. The SMILES string of the molecule is CCOc1ccccc1S(=O)(=O)N1CCc2nc(NC(=O)c3ccoc3)sc2C1. The molecule has 0 fully saturated rings. The number of carbonyl (C=O) groups excluding carboxylic acids is 1. The molecule has 8 nitrogen and oxygen atoms in total. The lowest BCUT2D eigenvalue weighted by Crippen LogP contribution is -2.35. The lowest BCUT2D eigenvalue weighted by atomic mass is 10.2. The van der Waals surface area contributed by atoms with Crippen LogP contribution in [0.4, 0.5) is 5.13 Å². The van der Waals surface area contributed by atoms with Crippen molar-refractivity contribution in [3.05, 3.63) is 59.0 Å². The topological polar surface area (TPSA) is 102 Å². The summed E-state index contributed by atoms with van der Waals surface area (Å²) >= 11 is 1.28. The molecule has 3 heterocycles. The van der Waals surface area contributed by atoms with Crippen molar-refractivity contribution in [3.8, 4) is 5.75 Å². The lowest BCUT2D eigenvalue weighted by Gasteiger charge is -2.26. The maximum atomic E-state index is 13.2. The highest BCUT2D eigenvalue weighted by molar-refractivity contribution is 7.89. The fraction of sp³-hybridized carbons (Fsp3) is 0.263. The molecule has 29 heavy (non-hydrogen) atoms. The van der Waals surface area contributed by atoms with Crippen molar-refractivity contribution < 1.29 is 22.4 Å². The van der Waals surface area contributed by atoms with Gasteiger partial charge in [-0.15, -0.1) is 11.3 Å². The molecule has 152 valence electrons. The quantitative estimate of drug-likeness (QED) is 0.641. The van der Waals surface area contributed by atoms with Crippen molar-refractivity contribution in [1.29, 1.82) is 0 Å². The van der Waals surface area contributed by atoms with Crippen LogP contribution in [0.15, 0.2) is 52.2 Å². The Morgan fingerprint density at radius 1 is 1.34 bits per heavy atom. The summed E-state index contributed by atoms with van der Waals surface area (Å²) < 4.78 is 38.2. The minimum atomic E-state index is -3.72. The molecular weight excluding hydrogens is 414 g/mol. The van der Waals surface area contributed by atoms with E-state index < -0.39 is 10.0 Å². The Bertz CT molecular complexity index is 1120. The van der Waals surface area contributed by atoms with E-state index in [1.54, 1.807) is 30.3 Å². The molecule has 1 aromatic carbocycles. The van der Waals surface area contributed by atoms with Crippen LogP contribution in [-0.2, 0) is 23.0 Å². The number of aromatic nitrogens is 1. The molecular formula is C19H19N3O5S2. The van der Waals surface area contributed by atoms with E-state index in [9.17, 15) is 13.2 Å². The fourth-order valence-electron chi connectivity index (χ4n) is 3.07. The van der Waals surface area contributed by atoms with Gasteiger partial charge in [0.15, 0.2) is 5.13 Å². The summed E-state index contributed by atoms with van der Waals surface area (Å²) in [5, 5.41) is 3.17. The van der Waals surface area contributed by atoms with E-state index >= 15 is 0 Å². The predicted molar refractivity (Wildman–Crippen MR) is 108 cm³/mol. The van der Waals surface area contributed by atoms with Gasteiger partial charge in [0.1, 0.15) is 16.9 Å². The van der Waals surface area contributed by atoms with Gasteiger partial charge in [-0.3, -0.25) is 10.1 Å². The summed E-state index contributed by atoms with van der Waals surface area (Å²) in [4.78, 5) is 17.6. The first-order valence-corrected chi connectivity index (χ1v) is 11.3. The number of sulfonamides is 1. The highest BCUT2D eigenvalue weighted by Crippen LogP contribution is 2.33. The van der Waals surface area contributed by atoms with E-state index in [0.717, 1.165) is 10.6 Å². The molecule has 0 radical (unpaired) electrons. The molecule has 0 saturated heterocycles. The zero-order valence-electron chi connectivity index (χ0n) is 15.6. The maximum Gasteiger partial charge on any atom is 0.260 e. The Balaban J connectivity index is 1.54. The van der Waals surface area contributed by atoms with Crippen LogP contribution in [0, 0.1) is 0 Å². The average Bonchev–Trinajstić information content (AvgIpc) is 3.37. The van der Waals surface area contributed by atoms with Gasteiger partial charge in [0.25, 0.3) is 5.91 Å². The first kappa shape index (κ1) is 19.6. The van der Waals surface area contributed by atoms with Gasteiger partial charge < -0.3 is 9.15 Å². The Labute approximate surface area is 172 Å². The number of thiazole rings is 1. The van der Waals surface area contributed by atoms with Gasteiger partial charge in [-0.05, 0) is 25.1 Å². The molecule has 0 unspecified atom stereocenters. The Hall–Kier alpha value is -2.69. The highest BCUT2D eigenvalue weighted by Gasteiger charge is 2.32. The number of anilines is 1. The summed E-state index contributed by atoms with van der Waals surface area (Å²) in [6.45, 7) is 2.71. The monoisotopic (exact) mass is 433 g/mol. The summed E-state index contributed by atoms with van der Waals surface area (Å²) in [6, 6.07) is 8.20. The second-order valence-corrected chi connectivity index (χ2v) is 9.31. The van der Waals surface area contributed by atoms with Gasteiger partial charge in [-0.2, -0.15) is 4.31 Å². The van der Waals surface area contributed by atoms with Gasteiger partial charge in [0, 0.05) is 17.8 Å². The number of nitrogens with zero attached hydrogens (tertiary/aromatic N) is 2. The number of para-hydroxylation sites is 1. The molecule has 0 saturated carbocycles. The van der Waals surface area contributed by atoms with E-state index in [4.69, 9.17) is 9.15 Å². The first-order chi connectivity index (χ1) is 14.0. The van der Waals surface area contributed by atoms with Crippen LogP contribution in [0.3, 0.4) is 0 Å². The number of amides is 1. The normalized spacial score (nSPS) is 14.4. The predicted octanol–water partition coefficient (Wildman–Crippen LogP) is 3.13. The second-order valence-electron chi connectivity index (χ2n) is 6.32. The van der Waals surface area contributed by atoms with Gasteiger partial charge in [-0.25, -0.2) is 13.4 Å². The van der Waals surface area contributed by atoms with Crippen molar-refractivity contribution in [2.75, 3.05) is 18.5 Å². The summed E-state index contributed by atoms with van der Waals surface area (Å²) in [6.07, 6.45) is 3.25. The van der Waals surface area contributed by atoms with Gasteiger partial charge >= 0.3 is 0 Å². The number of nitrogens with one attached hydrogen (secondary N) is 1. The van der Waals surface area contributed by atoms with Crippen molar-refractivity contribution in [2.24, 2.45) is 0 Å². The molecule has 1 N–H and O–H groups in total. The van der Waals surface area contributed by atoms with Crippen molar-refractivity contribution in [1.82, 2.24) is 9.29 Å². The van der Waals surface area contributed by atoms with Crippen LogP contribution in [0.2, 0.25) is 0 Å². The molecule has 0 spiro atoms. The summed E-state index contributed by atoms with van der Waals surface area (Å²) in [5.74, 6) is 0.0260. The summed E-state index contributed by atoms with van der Waals surface area (Å²) in [7, 11) is -3.72. The minimum absolute atomic E-state index is 0.156. The van der Waals surface area contributed by atoms with E-state index in [-0.39, 0.29) is 17.3 Å². The number of rotatable bonds is 6. The first-order valence-electron chi connectivity index (χ1n) is 9.03. The van der Waals surface area contributed by atoms with Crippen LogP contribution < -0.4 is 10.1 Å². The Morgan fingerprint density at radius 3 is 2.93 bits per heavy atom. The third kappa shape index (κ3) is 3.91. The van der Waals surface area contributed by atoms with Gasteiger partial charge in [0.05, 0.1) is 30.7 Å². The van der Waals surface area contributed by atoms with Gasteiger partial charge in [-0.1, -0.05) is 12.1 Å². The fourth-order valence-corrected chi connectivity index (χ4v) is 5.71. The molecule has 1 aliphatic heterocycles. The number of carbonyl (C=O) groups is 1. The third-order valence-electron chi connectivity index (χ3n) is 4.47. The van der Waals surface area contributed by atoms with Crippen molar-refractivity contribution in [2.45, 2.75) is 24.8 Å². The molecule has 4 rings (SSSR count). The maximum absolute atomic E-state index is 13.2.